The highest BCUT2D eigenvalue weighted by atomic mass is 16.2. The Morgan fingerprint density at radius 1 is 1.53 bits per heavy atom. The largest absolute Gasteiger partial charge is 0.369 e. The second kappa shape index (κ2) is 4.20. The number of hydrogen-bond acceptors (Lipinski definition) is 3. The molecule has 17 heavy (non-hydrogen) atoms. The van der Waals surface area contributed by atoms with Crippen molar-refractivity contribution in [2.24, 2.45) is 18.7 Å². The number of hydrogen-bond donors (Lipinski definition) is 1. The molecule has 6 nitrogen and oxygen atoms in total. The number of carbonyl (C=O) groups excluding carboxylic acids is 2. The molecule has 1 fully saturated rings. The van der Waals surface area contributed by atoms with Crippen molar-refractivity contribution in [2.75, 3.05) is 7.05 Å². The van der Waals surface area contributed by atoms with E-state index < -0.39 is 0 Å². The Kier molecular flexibility index (Phi) is 2.87. The van der Waals surface area contributed by atoms with Gasteiger partial charge in [0.2, 0.25) is 11.8 Å². The molecule has 2 atom stereocenters. The molecule has 1 aliphatic heterocycles. The molecule has 1 aliphatic rings. The van der Waals surface area contributed by atoms with E-state index in [1.54, 1.807) is 29.9 Å². The van der Waals surface area contributed by atoms with Gasteiger partial charge in [0, 0.05) is 32.3 Å². The quantitative estimate of drug-likeness (QED) is 0.773. The summed E-state index contributed by atoms with van der Waals surface area (Å²) in [6.45, 7) is 0. The van der Waals surface area contributed by atoms with Crippen molar-refractivity contribution in [1.82, 2.24) is 14.7 Å². The van der Waals surface area contributed by atoms with Gasteiger partial charge in [-0.3, -0.25) is 14.3 Å². The number of piperidine rings is 1. The van der Waals surface area contributed by atoms with Gasteiger partial charge in [-0.2, -0.15) is 5.10 Å². The van der Waals surface area contributed by atoms with E-state index in [2.05, 4.69) is 5.10 Å². The first kappa shape index (κ1) is 11.6. The van der Waals surface area contributed by atoms with E-state index in [9.17, 15) is 9.59 Å². The van der Waals surface area contributed by atoms with Crippen LogP contribution in [0.4, 0.5) is 0 Å². The van der Waals surface area contributed by atoms with Crippen molar-refractivity contribution in [3.8, 4) is 0 Å². The molecule has 2 heterocycles. The Bertz CT molecular complexity index is 454. The molecule has 1 saturated heterocycles. The molecule has 0 spiro atoms. The highest BCUT2D eigenvalue weighted by Crippen LogP contribution is 2.35. The third-order valence-electron chi connectivity index (χ3n) is 3.29. The summed E-state index contributed by atoms with van der Waals surface area (Å²) in [6.07, 6.45) is 4.38. The third-order valence-corrected chi connectivity index (χ3v) is 3.29. The van der Waals surface area contributed by atoms with Crippen LogP contribution in [0, 0.1) is 5.92 Å². The number of aryl methyl sites for hydroxylation is 1. The Morgan fingerprint density at radius 2 is 2.24 bits per heavy atom. The predicted molar refractivity (Wildman–Crippen MR) is 60.6 cm³/mol. The summed E-state index contributed by atoms with van der Waals surface area (Å²) in [4.78, 5) is 24.7. The average Bonchev–Trinajstić information content (AvgIpc) is 2.68. The van der Waals surface area contributed by atoms with E-state index in [4.69, 9.17) is 5.73 Å². The summed E-state index contributed by atoms with van der Waals surface area (Å²) in [5.41, 5.74) is 6.26. The van der Waals surface area contributed by atoms with Crippen molar-refractivity contribution < 1.29 is 9.59 Å². The minimum absolute atomic E-state index is 0.0383. The number of likely N-dealkylation sites (tertiary alicyclic amines) is 1. The van der Waals surface area contributed by atoms with Crippen LogP contribution >= 0.6 is 0 Å². The lowest BCUT2D eigenvalue weighted by Gasteiger charge is -2.36. The number of primary amides is 1. The lowest BCUT2D eigenvalue weighted by atomic mass is 9.85. The fourth-order valence-corrected chi connectivity index (χ4v) is 2.38. The van der Waals surface area contributed by atoms with Crippen LogP contribution in [0.1, 0.15) is 24.4 Å². The van der Waals surface area contributed by atoms with Crippen molar-refractivity contribution in [1.29, 1.82) is 0 Å². The summed E-state index contributed by atoms with van der Waals surface area (Å²) in [5.74, 6) is -0.656. The maximum atomic E-state index is 11.7. The van der Waals surface area contributed by atoms with E-state index in [1.165, 1.54) is 0 Å². The molecule has 92 valence electrons. The topological polar surface area (TPSA) is 81.2 Å². The molecule has 0 unspecified atom stereocenters. The predicted octanol–water partition coefficient (Wildman–Crippen LogP) is -0.185. The molecule has 6 heteroatoms. The second-order valence-electron chi connectivity index (χ2n) is 4.44. The number of nitrogens with two attached hydrogens (primary N) is 1. The van der Waals surface area contributed by atoms with Gasteiger partial charge in [0.1, 0.15) is 0 Å². The molecular weight excluding hydrogens is 220 g/mol. The Labute approximate surface area is 99.4 Å². The van der Waals surface area contributed by atoms with Crippen LogP contribution in [-0.2, 0) is 16.6 Å². The Balaban J connectivity index is 2.36. The van der Waals surface area contributed by atoms with Gasteiger partial charge in [-0.15, -0.1) is 0 Å². The van der Waals surface area contributed by atoms with Crippen LogP contribution < -0.4 is 5.73 Å². The zero-order chi connectivity index (χ0) is 12.6. The maximum absolute atomic E-state index is 11.7. The molecule has 2 rings (SSSR count). The van der Waals surface area contributed by atoms with Crippen molar-refractivity contribution in [2.45, 2.75) is 18.9 Å². The standard InChI is InChI=1S/C11H16N4O2/c1-14-6-7(5-13-14)10-8(11(12)17)3-4-9(16)15(10)2/h5-6,8,10H,3-4H2,1-2H3,(H2,12,17)/t8-,10-/m0/s1. The normalized spacial score (nSPS) is 25.1. The van der Waals surface area contributed by atoms with Crippen LogP contribution in [0.2, 0.25) is 0 Å². The number of amides is 2. The van der Waals surface area contributed by atoms with Crippen LogP contribution in [0.25, 0.3) is 0 Å². The monoisotopic (exact) mass is 236 g/mol. The van der Waals surface area contributed by atoms with Crippen LogP contribution in [0.3, 0.4) is 0 Å². The minimum atomic E-state index is -0.363. The van der Waals surface area contributed by atoms with E-state index in [1.807, 2.05) is 6.20 Å². The number of aromatic nitrogens is 2. The summed E-state index contributed by atoms with van der Waals surface area (Å²) in [7, 11) is 3.50. The smallest absolute Gasteiger partial charge is 0.222 e. The van der Waals surface area contributed by atoms with Gasteiger partial charge in [0.15, 0.2) is 0 Å². The van der Waals surface area contributed by atoms with E-state index in [0.29, 0.717) is 12.8 Å². The highest BCUT2D eigenvalue weighted by molar-refractivity contribution is 5.83. The Hall–Kier alpha value is -1.85. The zero-order valence-electron chi connectivity index (χ0n) is 9.96. The average molecular weight is 236 g/mol. The minimum Gasteiger partial charge on any atom is -0.369 e. The maximum Gasteiger partial charge on any atom is 0.222 e. The van der Waals surface area contributed by atoms with Crippen LogP contribution in [-0.4, -0.2) is 33.5 Å². The molecule has 0 bridgehead atoms. The molecule has 2 N–H and O–H groups in total. The molecule has 1 aromatic heterocycles. The molecule has 0 aromatic carbocycles. The number of carbonyl (C=O) groups is 2. The van der Waals surface area contributed by atoms with Crippen molar-refractivity contribution in [3.63, 3.8) is 0 Å². The molecule has 0 aliphatic carbocycles. The fraction of sp³-hybridized carbons (Fsp3) is 0.545. The summed E-state index contributed by atoms with van der Waals surface area (Å²) in [6, 6.07) is -0.289. The highest BCUT2D eigenvalue weighted by Gasteiger charge is 2.38. The van der Waals surface area contributed by atoms with E-state index in [0.717, 1.165) is 5.56 Å². The summed E-state index contributed by atoms with van der Waals surface area (Å²) in [5, 5.41) is 4.07. The number of nitrogens with zero attached hydrogens (tertiary/aromatic N) is 3. The Morgan fingerprint density at radius 3 is 2.76 bits per heavy atom. The summed E-state index contributed by atoms with van der Waals surface area (Å²) >= 11 is 0. The van der Waals surface area contributed by atoms with Crippen LogP contribution in [0.5, 0.6) is 0 Å². The van der Waals surface area contributed by atoms with Gasteiger partial charge in [-0.05, 0) is 6.42 Å². The molecule has 2 amide bonds. The van der Waals surface area contributed by atoms with Gasteiger partial charge in [0.05, 0.1) is 18.2 Å². The van der Waals surface area contributed by atoms with Gasteiger partial charge < -0.3 is 10.6 Å². The lowest BCUT2D eigenvalue weighted by molar-refractivity contribution is -0.140. The molecular formula is C11H16N4O2. The van der Waals surface area contributed by atoms with Gasteiger partial charge >= 0.3 is 0 Å². The summed E-state index contributed by atoms with van der Waals surface area (Å²) < 4.78 is 1.65. The molecule has 1 aromatic rings. The van der Waals surface area contributed by atoms with E-state index in [-0.39, 0.29) is 23.8 Å². The van der Waals surface area contributed by atoms with Crippen molar-refractivity contribution in [3.05, 3.63) is 18.0 Å². The van der Waals surface area contributed by atoms with Gasteiger partial charge in [0.25, 0.3) is 0 Å². The second-order valence-corrected chi connectivity index (χ2v) is 4.44. The first-order valence-corrected chi connectivity index (χ1v) is 5.54. The fourth-order valence-electron chi connectivity index (χ4n) is 2.38. The lowest BCUT2D eigenvalue weighted by Crippen LogP contribution is -2.44. The van der Waals surface area contributed by atoms with Gasteiger partial charge in [-0.1, -0.05) is 0 Å². The first-order chi connectivity index (χ1) is 8.00. The van der Waals surface area contributed by atoms with Crippen LogP contribution in [0.15, 0.2) is 12.4 Å². The SMILES string of the molecule is CN1C(=O)CC[C@H](C(N)=O)[C@@H]1c1cnn(C)c1. The molecule has 0 radical (unpaired) electrons. The number of rotatable bonds is 2. The van der Waals surface area contributed by atoms with Crippen molar-refractivity contribution >= 4 is 11.8 Å². The van der Waals surface area contributed by atoms with E-state index >= 15 is 0 Å². The van der Waals surface area contributed by atoms with Gasteiger partial charge in [-0.25, -0.2) is 0 Å². The zero-order valence-corrected chi connectivity index (χ0v) is 9.96. The third kappa shape index (κ3) is 2.02. The first-order valence-electron chi connectivity index (χ1n) is 5.54. The molecule has 0 saturated carbocycles.